The number of imide groups is 1. The van der Waals surface area contributed by atoms with Crippen LogP contribution in [0.5, 0.6) is 0 Å². The van der Waals surface area contributed by atoms with Crippen molar-refractivity contribution in [1.82, 2.24) is 10.3 Å². The van der Waals surface area contributed by atoms with Gasteiger partial charge in [-0.15, -0.1) is 0 Å². The van der Waals surface area contributed by atoms with Crippen LogP contribution in [0.3, 0.4) is 0 Å². The van der Waals surface area contributed by atoms with Gasteiger partial charge in [-0.3, -0.25) is 5.01 Å². The summed E-state index contributed by atoms with van der Waals surface area (Å²) in [7, 11) is 0. The molecule has 1 N–H and O–H groups in total. The van der Waals surface area contributed by atoms with Gasteiger partial charge in [-0.1, -0.05) is 92.8 Å². The standard InChI is InChI=1S/C20H8Cl8F9N5O4/c21-6-1-5(18(29,30)31)2-7(22)9(6)42-12(8-10(19(32,33)34)38-13(20(35,36)37)39-11(8)40-42)41(14(43)45-3-16(23,24)25)15(44)46-4-17(26,27)28/h1-2,11,40H,3-4H2. The number of nitrogens with one attached hydrogen (secondary N) is 1. The second-order valence-corrected chi connectivity index (χ2v) is 14.3. The molecule has 0 saturated heterocycles. The van der Waals surface area contributed by atoms with Crippen LogP contribution in [0.15, 0.2) is 33.5 Å². The summed E-state index contributed by atoms with van der Waals surface area (Å²) in [6.07, 6.45) is -23.1. The van der Waals surface area contributed by atoms with Crippen LogP contribution in [0.4, 0.5) is 54.8 Å². The molecule has 1 unspecified atom stereocenters. The van der Waals surface area contributed by atoms with Crippen LogP contribution in [-0.2, 0) is 15.7 Å². The molecule has 26 heteroatoms. The van der Waals surface area contributed by atoms with E-state index in [1.165, 1.54) is 0 Å². The first-order valence-electron chi connectivity index (χ1n) is 11.1. The lowest BCUT2D eigenvalue weighted by atomic mass is 10.1. The quantitative estimate of drug-likeness (QED) is 0.240. The summed E-state index contributed by atoms with van der Waals surface area (Å²) in [6, 6.07) is 0.426. The number of carbonyl (C=O) groups excluding carboxylic acids is 2. The van der Waals surface area contributed by atoms with E-state index in [1.54, 1.807) is 0 Å². The number of amides is 2. The Kier molecular flexibility index (Phi) is 11.4. The first kappa shape index (κ1) is 38.9. The number of anilines is 1. The van der Waals surface area contributed by atoms with Crippen molar-refractivity contribution < 1.29 is 58.6 Å². The van der Waals surface area contributed by atoms with Crippen LogP contribution >= 0.6 is 92.8 Å². The van der Waals surface area contributed by atoms with Gasteiger partial charge in [0.05, 0.1) is 26.9 Å². The SMILES string of the molecule is O=C(OCC(Cl)(Cl)Cl)N(C(=O)OCC(Cl)(Cl)Cl)C1=C2C(C(F)(F)F)=NC(C(F)(F)F)=NC2NN1c1c(Cl)cc(C(F)(F)F)cc1Cl. The number of hydrazine groups is 1. The minimum absolute atomic E-state index is 0.127. The number of fused-ring (bicyclic) bond motifs is 1. The maximum Gasteiger partial charge on any atom is 0.451 e. The molecule has 0 radical (unpaired) electrons. The molecule has 46 heavy (non-hydrogen) atoms. The van der Waals surface area contributed by atoms with Crippen molar-refractivity contribution in [2.24, 2.45) is 9.98 Å². The molecule has 0 aromatic heterocycles. The Morgan fingerprint density at radius 2 is 1.26 bits per heavy atom. The Labute approximate surface area is 289 Å². The number of rotatable bonds is 4. The number of amidine groups is 1. The number of alkyl halides is 15. The van der Waals surface area contributed by atoms with Gasteiger partial charge in [-0.05, 0) is 12.1 Å². The highest BCUT2D eigenvalue weighted by Gasteiger charge is 2.55. The van der Waals surface area contributed by atoms with Gasteiger partial charge in [0.25, 0.3) is 0 Å². The van der Waals surface area contributed by atoms with Crippen LogP contribution < -0.4 is 10.4 Å². The molecular formula is C20H8Cl8F9N5O4. The van der Waals surface area contributed by atoms with E-state index in [0.29, 0.717) is 0 Å². The van der Waals surface area contributed by atoms with Gasteiger partial charge in [0.1, 0.15) is 13.2 Å². The molecule has 1 atom stereocenters. The monoisotopic (exact) mass is 833 g/mol. The molecule has 0 fully saturated rings. The zero-order chi connectivity index (χ0) is 35.4. The van der Waals surface area contributed by atoms with Crippen molar-refractivity contribution in [3.05, 3.63) is 39.1 Å². The third-order valence-electron chi connectivity index (χ3n) is 5.09. The Bertz CT molecular complexity index is 1450. The van der Waals surface area contributed by atoms with Gasteiger partial charge >= 0.3 is 30.7 Å². The van der Waals surface area contributed by atoms with E-state index in [-0.39, 0.29) is 17.1 Å². The Hall–Kier alpha value is -1.51. The minimum Gasteiger partial charge on any atom is -0.444 e. The predicted octanol–water partition coefficient (Wildman–Crippen LogP) is 9.17. The van der Waals surface area contributed by atoms with E-state index in [9.17, 15) is 49.1 Å². The van der Waals surface area contributed by atoms with Gasteiger partial charge in [0, 0.05) is 0 Å². The molecule has 1 aromatic rings. The van der Waals surface area contributed by atoms with E-state index in [1.807, 2.05) is 5.43 Å². The molecule has 0 aliphatic carbocycles. The molecule has 0 spiro atoms. The first-order chi connectivity index (χ1) is 20.6. The zero-order valence-electron chi connectivity index (χ0n) is 21.0. The van der Waals surface area contributed by atoms with E-state index in [4.69, 9.17) is 92.8 Å². The Morgan fingerprint density at radius 3 is 1.63 bits per heavy atom. The number of halogens is 17. The van der Waals surface area contributed by atoms with Crippen LogP contribution in [0.1, 0.15) is 5.56 Å². The van der Waals surface area contributed by atoms with Gasteiger partial charge in [-0.2, -0.15) is 49.8 Å². The van der Waals surface area contributed by atoms with E-state index in [0.717, 1.165) is 0 Å². The molecule has 0 bridgehead atoms. The Morgan fingerprint density at radius 1 is 0.804 bits per heavy atom. The largest absolute Gasteiger partial charge is 0.451 e. The summed E-state index contributed by atoms with van der Waals surface area (Å²) in [5.74, 6) is -3.85. The lowest BCUT2D eigenvalue weighted by Crippen LogP contribution is -2.47. The first-order valence-corrected chi connectivity index (χ1v) is 14.1. The smallest absolute Gasteiger partial charge is 0.444 e. The molecular weight excluding hydrogens is 829 g/mol. The number of hydrogen-bond donors (Lipinski definition) is 1. The summed E-state index contributed by atoms with van der Waals surface area (Å²) in [4.78, 5) is 31.6. The van der Waals surface area contributed by atoms with E-state index >= 15 is 0 Å². The lowest BCUT2D eigenvalue weighted by Gasteiger charge is -2.31. The van der Waals surface area contributed by atoms with Crippen molar-refractivity contribution in [1.29, 1.82) is 0 Å². The van der Waals surface area contributed by atoms with Crippen molar-refractivity contribution in [3.63, 3.8) is 0 Å². The molecule has 1 aromatic carbocycles. The topological polar surface area (TPSA) is 95.8 Å². The number of nitrogens with zero attached hydrogens (tertiary/aromatic N) is 4. The minimum atomic E-state index is -5.80. The maximum absolute atomic E-state index is 14.3. The lowest BCUT2D eigenvalue weighted by molar-refractivity contribution is -0.137. The third kappa shape index (κ3) is 9.34. The fourth-order valence-electron chi connectivity index (χ4n) is 3.49. The highest BCUT2D eigenvalue weighted by atomic mass is 35.6. The summed E-state index contributed by atoms with van der Waals surface area (Å²) in [5, 5.41) is -1.93. The highest BCUT2D eigenvalue weighted by molar-refractivity contribution is 6.68. The summed E-state index contributed by atoms with van der Waals surface area (Å²) in [5.41, 5.74) is -4.41. The predicted molar refractivity (Wildman–Crippen MR) is 150 cm³/mol. The zero-order valence-corrected chi connectivity index (χ0v) is 27.0. The second-order valence-electron chi connectivity index (χ2n) is 8.47. The summed E-state index contributed by atoms with van der Waals surface area (Å²) < 4.78 is 128. The van der Waals surface area contributed by atoms with Crippen LogP contribution in [0, 0.1) is 0 Å². The van der Waals surface area contributed by atoms with Crippen LogP contribution in [-0.4, -0.2) is 68.0 Å². The molecule has 0 saturated carbocycles. The fraction of sp³-hybridized carbons (Fsp3) is 0.400. The summed E-state index contributed by atoms with van der Waals surface area (Å²) >= 11 is 45.2. The number of hydrogen-bond acceptors (Lipinski definition) is 8. The van der Waals surface area contributed by atoms with Crippen LogP contribution in [0.25, 0.3) is 0 Å². The molecule has 2 heterocycles. The van der Waals surface area contributed by atoms with Gasteiger partial charge in [-0.25, -0.2) is 19.6 Å². The normalized spacial score (nSPS) is 17.8. The average Bonchev–Trinajstić information content (AvgIpc) is 3.21. The molecule has 256 valence electrons. The number of benzene rings is 1. The van der Waals surface area contributed by atoms with Crippen molar-refractivity contribution in [2.45, 2.75) is 32.3 Å². The second kappa shape index (κ2) is 13.4. The molecule has 2 aliphatic rings. The molecule has 9 nitrogen and oxygen atoms in total. The third-order valence-corrected chi connectivity index (χ3v) is 6.32. The number of ether oxygens (including phenoxy) is 2. The van der Waals surface area contributed by atoms with Crippen LogP contribution in [0.2, 0.25) is 10.0 Å². The van der Waals surface area contributed by atoms with Gasteiger partial charge in [0.2, 0.25) is 13.4 Å². The highest BCUT2D eigenvalue weighted by Crippen LogP contribution is 2.46. The van der Waals surface area contributed by atoms with Crippen molar-refractivity contribution >= 4 is 122 Å². The number of carbonyl (C=O) groups is 2. The van der Waals surface area contributed by atoms with Gasteiger partial charge < -0.3 is 9.47 Å². The molecule has 2 amide bonds. The fourth-order valence-corrected chi connectivity index (χ4v) is 4.47. The number of aliphatic imine (C=N–C) groups is 2. The average molecular weight is 837 g/mol. The van der Waals surface area contributed by atoms with Crippen molar-refractivity contribution in [2.75, 3.05) is 18.2 Å². The van der Waals surface area contributed by atoms with Crippen molar-refractivity contribution in [3.8, 4) is 0 Å². The summed E-state index contributed by atoms with van der Waals surface area (Å²) in [6.45, 7) is -2.44. The Balaban J connectivity index is 2.42. The van der Waals surface area contributed by atoms with E-state index < -0.39 is 107 Å². The van der Waals surface area contributed by atoms with Gasteiger partial charge in [0.15, 0.2) is 17.7 Å². The maximum atomic E-state index is 14.3. The molecule has 3 rings (SSSR count). The molecule has 2 aliphatic heterocycles. The van der Waals surface area contributed by atoms with E-state index in [2.05, 4.69) is 19.5 Å².